The number of esters is 1. The fraction of sp³-hybridized carbons (Fsp3) is 0.308. The molecule has 0 aliphatic heterocycles. The van der Waals surface area contributed by atoms with Gasteiger partial charge in [-0.05, 0) is 33.1 Å². The van der Waals surface area contributed by atoms with E-state index in [9.17, 15) is 9.59 Å². The zero-order chi connectivity index (χ0) is 23.4. The molecule has 0 spiro atoms. The highest BCUT2D eigenvalue weighted by atomic mass is 28.4. The molecule has 2 aromatic carbocycles. The Balaban J connectivity index is 1.99. The molecule has 1 atom stereocenters. The number of carbonyl (C=O) groups is 2. The number of rotatable bonds is 7. The standard InChI is InChI=1S/C26H30O5Si/c1-20(27)31-26(29-5)17-16-21(18-24(26)28)19-30-32(25(2,3)4,22-12-8-6-9-13-22)23-14-10-7-11-15-23/h6-18H,19H2,1-5H3. The summed E-state index contributed by atoms with van der Waals surface area (Å²) in [5, 5.41) is 2.15. The molecular formula is C26H30O5Si. The van der Waals surface area contributed by atoms with Crippen molar-refractivity contribution in [3.8, 4) is 0 Å². The fourth-order valence-electron chi connectivity index (χ4n) is 4.17. The predicted molar refractivity (Wildman–Crippen MR) is 127 cm³/mol. The number of ketones is 1. The minimum absolute atomic E-state index is 0.174. The summed E-state index contributed by atoms with van der Waals surface area (Å²) in [5.74, 6) is -2.75. The molecule has 1 unspecified atom stereocenters. The van der Waals surface area contributed by atoms with Crippen LogP contribution in [0.3, 0.4) is 0 Å². The number of carbonyl (C=O) groups excluding carboxylic acids is 2. The second-order valence-electron chi connectivity index (χ2n) is 8.83. The number of methoxy groups -OCH3 is 1. The van der Waals surface area contributed by atoms with Gasteiger partial charge in [-0.1, -0.05) is 87.5 Å². The molecule has 0 saturated heterocycles. The van der Waals surface area contributed by atoms with Crippen LogP contribution in [0.25, 0.3) is 0 Å². The number of ether oxygens (including phenoxy) is 2. The van der Waals surface area contributed by atoms with Crippen LogP contribution in [0, 0.1) is 0 Å². The van der Waals surface area contributed by atoms with E-state index >= 15 is 0 Å². The summed E-state index contributed by atoms with van der Waals surface area (Å²) in [6.07, 6.45) is 4.64. The molecule has 6 heteroatoms. The van der Waals surface area contributed by atoms with Gasteiger partial charge >= 0.3 is 5.97 Å². The first-order valence-electron chi connectivity index (χ1n) is 10.6. The van der Waals surface area contributed by atoms with Crippen molar-refractivity contribution in [2.45, 2.75) is 38.5 Å². The van der Waals surface area contributed by atoms with Crippen molar-refractivity contribution in [3.05, 3.63) is 84.5 Å². The molecule has 0 aromatic heterocycles. The Morgan fingerprint density at radius 1 is 0.969 bits per heavy atom. The van der Waals surface area contributed by atoms with Gasteiger partial charge in [0, 0.05) is 14.0 Å². The van der Waals surface area contributed by atoms with Crippen molar-refractivity contribution in [2.75, 3.05) is 13.7 Å². The molecule has 168 valence electrons. The van der Waals surface area contributed by atoms with Crippen molar-refractivity contribution < 1.29 is 23.5 Å². The molecule has 2 aromatic rings. The van der Waals surface area contributed by atoms with Crippen LogP contribution in [-0.4, -0.2) is 39.6 Å². The molecule has 1 aliphatic carbocycles. The van der Waals surface area contributed by atoms with Crippen LogP contribution in [0.5, 0.6) is 0 Å². The summed E-state index contributed by atoms with van der Waals surface area (Å²) in [5.41, 5.74) is 0.697. The van der Waals surface area contributed by atoms with Crippen molar-refractivity contribution >= 4 is 30.4 Å². The van der Waals surface area contributed by atoms with Crippen LogP contribution in [0.4, 0.5) is 0 Å². The Hall–Kier alpha value is -2.80. The molecule has 0 N–H and O–H groups in total. The largest absolute Gasteiger partial charge is 0.421 e. The number of hydrogen-bond acceptors (Lipinski definition) is 5. The molecule has 0 fully saturated rings. The lowest BCUT2D eigenvalue weighted by atomic mass is 10.0. The summed E-state index contributed by atoms with van der Waals surface area (Å²) in [6.45, 7) is 8.09. The summed E-state index contributed by atoms with van der Waals surface area (Å²) in [4.78, 5) is 24.2. The summed E-state index contributed by atoms with van der Waals surface area (Å²) in [7, 11) is -1.39. The highest BCUT2D eigenvalue weighted by molar-refractivity contribution is 6.99. The Kier molecular flexibility index (Phi) is 6.98. The lowest BCUT2D eigenvalue weighted by Gasteiger charge is -2.43. The smallest absolute Gasteiger partial charge is 0.305 e. The van der Waals surface area contributed by atoms with Crippen LogP contribution >= 0.6 is 0 Å². The van der Waals surface area contributed by atoms with Gasteiger partial charge in [0.1, 0.15) is 0 Å². The Labute approximate surface area is 190 Å². The predicted octanol–water partition coefficient (Wildman–Crippen LogP) is 3.53. The van der Waals surface area contributed by atoms with Gasteiger partial charge in [-0.3, -0.25) is 9.59 Å². The van der Waals surface area contributed by atoms with Crippen molar-refractivity contribution in [3.63, 3.8) is 0 Å². The third-order valence-electron chi connectivity index (χ3n) is 5.65. The first kappa shape index (κ1) is 23.9. The maximum absolute atomic E-state index is 12.8. The van der Waals surface area contributed by atoms with E-state index in [0.717, 1.165) is 10.4 Å². The fourth-order valence-corrected chi connectivity index (χ4v) is 8.71. The van der Waals surface area contributed by atoms with E-state index in [1.807, 2.05) is 36.4 Å². The summed E-state index contributed by atoms with van der Waals surface area (Å²) in [6, 6.07) is 20.6. The topological polar surface area (TPSA) is 61.8 Å². The first-order chi connectivity index (χ1) is 15.1. The van der Waals surface area contributed by atoms with E-state index in [0.29, 0.717) is 5.57 Å². The number of benzene rings is 2. The summed E-state index contributed by atoms with van der Waals surface area (Å²) >= 11 is 0. The third-order valence-corrected chi connectivity index (χ3v) is 10.6. The lowest BCUT2D eigenvalue weighted by molar-refractivity contribution is -0.198. The van der Waals surface area contributed by atoms with E-state index in [-0.39, 0.29) is 11.6 Å². The van der Waals surface area contributed by atoms with Gasteiger partial charge in [0.05, 0.1) is 6.61 Å². The highest BCUT2D eigenvalue weighted by Crippen LogP contribution is 2.37. The highest BCUT2D eigenvalue weighted by Gasteiger charge is 2.50. The molecule has 3 rings (SSSR count). The van der Waals surface area contributed by atoms with E-state index in [4.69, 9.17) is 13.9 Å². The SMILES string of the molecule is COC1(OC(C)=O)C=CC(CO[Si](c2ccccc2)(c2ccccc2)C(C)(C)C)=CC1=O. The maximum atomic E-state index is 12.8. The third kappa shape index (κ3) is 4.53. The monoisotopic (exact) mass is 450 g/mol. The van der Waals surface area contributed by atoms with Gasteiger partial charge in [0.15, 0.2) is 0 Å². The van der Waals surface area contributed by atoms with Crippen LogP contribution in [-0.2, 0) is 23.5 Å². The zero-order valence-electron chi connectivity index (χ0n) is 19.3. The quantitative estimate of drug-likeness (QED) is 0.367. The molecule has 0 bridgehead atoms. The van der Waals surface area contributed by atoms with Gasteiger partial charge < -0.3 is 13.9 Å². The van der Waals surface area contributed by atoms with Crippen LogP contribution in [0.1, 0.15) is 27.7 Å². The second kappa shape index (κ2) is 9.36. The van der Waals surface area contributed by atoms with Gasteiger partial charge in [-0.15, -0.1) is 0 Å². The minimum atomic E-state index is -2.73. The zero-order valence-corrected chi connectivity index (χ0v) is 20.3. The van der Waals surface area contributed by atoms with Crippen LogP contribution in [0.2, 0.25) is 5.04 Å². The van der Waals surface area contributed by atoms with E-state index in [1.165, 1.54) is 26.2 Å². The molecule has 0 saturated carbocycles. The van der Waals surface area contributed by atoms with Crippen LogP contribution < -0.4 is 10.4 Å². The molecule has 32 heavy (non-hydrogen) atoms. The second-order valence-corrected chi connectivity index (χ2v) is 13.1. The molecule has 1 aliphatic rings. The van der Waals surface area contributed by atoms with E-state index < -0.39 is 25.9 Å². The van der Waals surface area contributed by atoms with E-state index in [1.54, 1.807) is 6.08 Å². The maximum Gasteiger partial charge on any atom is 0.305 e. The molecule has 0 heterocycles. The van der Waals surface area contributed by atoms with Gasteiger partial charge in [-0.2, -0.15) is 0 Å². The van der Waals surface area contributed by atoms with Gasteiger partial charge in [-0.25, -0.2) is 0 Å². The normalized spacial score (nSPS) is 18.9. The van der Waals surface area contributed by atoms with Gasteiger partial charge in [0.25, 0.3) is 14.1 Å². The average molecular weight is 451 g/mol. The molecule has 0 radical (unpaired) electrons. The van der Waals surface area contributed by atoms with Gasteiger partial charge in [0.2, 0.25) is 5.78 Å². The minimum Gasteiger partial charge on any atom is -0.421 e. The Morgan fingerprint density at radius 3 is 1.91 bits per heavy atom. The van der Waals surface area contributed by atoms with Crippen LogP contribution in [0.15, 0.2) is 84.5 Å². The summed E-state index contributed by atoms with van der Waals surface area (Å²) < 4.78 is 17.2. The van der Waals surface area contributed by atoms with Crippen molar-refractivity contribution in [1.82, 2.24) is 0 Å². The molecule has 0 amide bonds. The molecule has 5 nitrogen and oxygen atoms in total. The number of hydrogen-bond donors (Lipinski definition) is 0. The first-order valence-corrected chi connectivity index (χ1v) is 12.5. The Morgan fingerprint density at radius 2 is 1.50 bits per heavy atom. The molecular weight excluding hydrogens is 420 g/mol. The van der Waals surface area contributed by atoms with Crippen molar-refractivity contribution in [1.29, 1.82) is 0 Å². The Bertz CT molecular complexity index is 982. The van der Waals surface area contributed by atoms with E-state index in [2.05, 4.69) is 45.0 Å². The lowest BCUT2D eigenvalue weighted by Crippen LogP contribution is -2.66. The van der Waals surface area contributed by atoms with Crippen molar-refractivity contribution in [2.24, 2.45) is 0 Å². The average Bonchev–Trinajstić information content (AvgIpc) is 2.76.